The fourth-order valence-corrected chi connectivity index (χ4v) is 1.21. The Morgan fingerprint density at radius 2 is 2.07 bits per heavy atom. The molecule has 0 spiro atoms. The van der Waals surface area contributed by atoms with Gasteiger partial charge in [-0.05, 0) is 19.8 Å². The molecule has 0 heterocycles. The average Bonchev–Trinajstić information content (AvgIpc) is 2.86. The molecule has 0 aromatic carbocycles. The number of carboxylic acids is 1. The lowest BCUT2D eigenvalue weighted by Crippen LogP contribution is -2.16. The zero-order valence-corrected chi connectivity index (χ0v) is 7.95. The normalized spacial score (nSPS) is 18.5. The molecule has 1 N–H and O–H groups in total. The van der Waals surface area contributed by atoms with E-state index in [1.165, 1.54) is 13.0 Å². The van der Waals surface area contributed by atoms with E-state index in [2.05, 4.69) is 11.3 Å². The number of rotatable bonds is 4. The summed E-state index contributed by atoms with van der Waals surface area (Å²) < 4.78 is 4.64. The number of hydrogen-bond acceptors (Lipinski definition) is 3. The largest absolute Gasteiger partial charge is 0.478 e. The molecule has 0 aromatic rings. The van der Waals surface area contributed by atoms with Gasteiger partial charge in [-0.25, -0.2) is 4.79 Å². The standard InChI is InChI=1S/C10H12O4/c1-3-14-9(13)10(4-5-10)6-7(2)8(11)12/h3,6H,1,4-5H2,2H3,(H,11,12). The number of aliphatic carboxylic acids is 1. The van der Waals surface area contributed by atoms with E-state index in [4.69, 9.17) is 5.11 Å². The van der Waals surface area contributed by atoms with E-state index in [1.54, 1.807) is 0 Å². The van der Waals surface area contributed by atoms with Gasteiger partial charge < -0.3 is 9.84 Å². The summed E-state index contributed by atoms with van der Waals surface area (Å²) in [5.41, 5.74) is -0.542. The summed E-state index contributed by atoms with van der Waals surface area (Å²) in [5.74, 6) is -1.43. The highest BCUT2D eigenvalue weighted by molar-refractivity contribution is 5.89. The molecule has 0 saturated heterocycles. The predicted octanol–water partition coefficient (Wildman–Crippen LogP) is 1.48. The second-order valence-electron chi connectivity index (χ2n) is 3.36. The van der Waals surface area contributed by atoms with Gasteiger partial charge in [-0.15, -0.1) is 0 Å². The summed E-state index contributed by atoms with van der Waals surface area (Å²) in [6, 6.07) is 0. The molecular formula is C10H12O4. The van der Waals surface area contributed by atoms with Crippen molar-refractivity contribution in [3.8, 4) is 0 Å². The number of ether oxygens (including phenoxy) is 1. The number of carbonyl (C=O) groups excluding carboxylic acids is 1. The molecule has 4 nitrogen and oxygen atoms in total. The fourth-order valence-electron chi connectivity index (χ4n) is 1.21. The minimum atomic E-state index is -1.01. The highest BCUT2D eigenvalue weighted by Gasteiger charge is 2.49. The molecule has 0 unspecified atom stereocenters. The summed E-state index contributed by atoms with van der Waals surface area (Å²) in [6.07, 6.45) is 3.81. The second-order valence-corrected chi connectivity index (χ2v) is 3.36. The van der Waals surface area contributed by atoms with Crippen LogP contribution in [0.5, 0.6) is 0 Å². The molecule has 0 amide bonds. The third-order valence-electron chi connectivity index (χ3n) is 2.22. The van der Waals surface area contributed by atoms with Crippen molar-refractivity contribution in [1.29, 1.82) is 0 Å². The van der Waals surface area contributed by atoms with Crippen molar-refractivity contribution in [3.05, 3.63) is 24.5 Å². The molecule has 1 aliphatic rings. The van der Waals surface area contributed by atoms with Gasteiger partial charge in [0.15, 0.2) is 0 Å². The van der Waals surface area contributed by atoms with Gasteiger partial charge in [-0.2, -0.15) is 0 Å². The molecule has 0 bridgehead atoms. The van der Waals surface area contributed by atoms with Gasteiger partial charge in [0.1, 0.15) is 0 Å². The number of hydrogen-bond donors (Lipinski definition) is 1. The van der Waals surface area contributed by atoms with Crippen LogP contribution in [0.4, 0.5) is 0 Å². The Balaban J connectivity index is 2.77. The first-order valence-electron chi connectivity index (χ1n) is 4.26. The molecular weight excluding hydrogens is 184 g/mol. The molecule has 0 atom stereocenters. The lowest BCUT2D eigenvalue weighted by molar-refractivity contribution is -0.142. The van der Waals surface area contributed by atoms with Crippen molar-refractivity contribution < 1.29 is 19.4 Å². The van der Waals surface area contributed by atoms with Gasteiger partial charge in [0.2, 0.25) is 0 Å². The number of carbonyl (C=O) groups is 2. The Kier molecular flexibility index (Phi) is 2.74. The topological polar surface area (TPSA) is 63.6 Å². The van der Waals surface area contributed by atoms with E-state index in [9.17, 15) is 9.59 Å². The minimum absolute atomic E-state index is 0.170. The Labute approximate surface area is 81.9 Å². The van der Waals surface area contributed by atoms with Crippen molar-refractivity contribution in [2.45, 2.75) is 19.8 Å². The molecule has 1 rings (SSSR count). The first-order chi connectivity index (χ1) is 6.52. The Hall–Kier alpha value is -1.58. The van der Waals surface area contributed by atoms with Crippen molar-refractivity contribution in [2.75, 3.05) is 0 Å². The van der Waals surface area contributed by atoms with Crippen LogP contribution in [0.1, 0.15) is 19.8 Å². The summed E-state index contributed by atoms with van der Waals surface area (Å²) in [5, 5.41) is 8.64. The van der Waals surface area contributed by atoms with E-state index in [0.29, 0.717) is 12.8 Å². The van der Waals surface area contributed by atoms with Crippen LogP contribution >= 0.6 is 0 Å². The minimum Gasteiger partial charge on any atom is -0.478 e. The van der Waals surface area contributed by atoms with Crippen molar-refractivity contribution >= 4 is 11.9 Å². The fraction of sp³-hybridized carbons (Fsp3) is 0.400. The molecule has 4 heteroatoms. The SMILES string of the molecule is C=COC(=O)C1(C=C(C)C(=O)O)CC1. The van der Waals surface area contributed by atoms with Crippen LogP contribution in [-0.4, -0.2) is 17.0 Å². The van der Waals surface area contributed by atoms with Gasteiger partial charge in [-0.1, -0.05) is 12.7 Å². The maximum atomic E-state index is 11.4. The van der Waals surface area contributed by atoms with Crippen molar-refractivity contribution in [1.82, 2.24) is 0 Å². The Bertz CT molecular complexity index is 310. The van der Waals surface area contributed by atoms with Gasteiger partial charge in [0.25, 0.3) is 0 Å². The summed E-state index contributed by atoms with van der Waals surface area (Å²) >= 11 is 0. The van der Waals surface area contributed by atoms with E-state index >= 15 is 0 Å². The van der Waals surface area contributed by atoms with Crippen LogP contribution < -0.4 is 0 Å². The Morgan fingerprint density at radius 3 is 2.43 bits per heavy atom. The van der Waals surface area contributed by atoms with Gasteiger partial charge in [0, 0.05) is 5.57 Å². The van der Waals surface area contributed by atoms with E-state index in [-0.39, 0.29) is 5.57 Å². The molecule has 0 aliphatic heterocycles. The molecule has 1 aliphatic carbocycles. The van der Waals surface area contributed by atoms with E-state index in [1.807, 2.05) is 0 Å². The van der Waals surface area contributed by atoms with Gasteiger partial charge in [0.05, 0.1) is 11.7 Å². The van der Waals surface area contributed by atoms with Crippen molar-refractivity contribution in [2.24, 2.45) is 5.41 Å². The van der Waals surface area contributed by atoms with Gasteiger partial charge >= 0.3 is 11.9 Å². The average molecular weight is 196 g/mol. The third kappa shape index (κ3) is 2.02. The number of esters is 1. The van der Waals surface area contributed by atoms with Crippen LogP contribution in [0.15, 0.2) is 24.5 Å². The third-order valence-corrected chi connectivity index (χ3v) is 2.22. The molecule has 1 saturated carbocycles. The highest BCUT2D eigenvalue weighted by atomic mass is 16.5. The quantitative estimate of drug-likeness (QED) is 0.420. The number of carboxylic acid groups (broad SMARTS) is 1. The van der Waals surface area contributed by atoms with E-state index in [0.717, 1.165) is 6.26 Å². The monoisotopic (exact) mass is 196 g/mol. The molecule has 0 radical (unpaired) electrons. The van der Waals surface area contributed by atoms with Crippen LogP contribution in [0, 0.1) is 5.41 Å². The van der Waals surface area contributed by atoms with Crippen molar-refractivity contribution in [3.63, 3.8) is 0 Å². The van der Waals surface area contributed by atoms with Crippen LogP contribution in [0.2, 0.25) is 0 Å². The van der Waals surface area contributed by atoms with Crippen LogP contribution in [0.25, 0.3) is 0 Å². The Morgan fingerprint density at radius 1 is 1.50 bits per heavy atom. The first-order valence-corrected chi connectivity index (χ1v) is 4.26. The predicted molar refractivity (Wildman–Crippen MR) is 49.3 cm³/mol. The zero-order valence-electron chi connectivity index (χ0n) is 7.95. The summed E-state index contributed by atoms with van der Waals surface area (Å²) in [6.45, 7) is 4.74. The zero-order chi connectivity index (χ0) is 10.8. The van der Waals surface area contributed by atoms with Crippen LogP contribution in [-0.2, 0) is 14.3 Å². The van der Waals surface area contributed by atoms with E-state index < -0.39 is 17.4 Å². The first kappa shape index (κ1) is 10.5. The maximum Gasteiger partial charge on any atom is 0.330 e. The van der Waals surface area contributed by atoms with Gasteiger partial charge in [-0.3, -0.25) is 4.79 Å². The molecule has 1 fully saturated rings. The highest BCUT2D eigenvalue weighted by Crippen LogP contribution is 2.48. The maximum absolute atomic E-state index is 11.4. The summed E-state index contributed by atoms with van der Waals surface area (Å²) in [7, 11) is 0. The molecule has 76 valence electrons. The lowest BCUT2D eigenvalue weighted by Gasteiger charge is -2.07. The second kappa shape index (κ2) is 3.65. The molecule has 14 heavy (non-hydrogen) atoms. The lowest BCUT2D eigenvalue weighted by atomic mass is 10.0. The smallest absolute Gasteiger partial charge is 0.330 e. The molecule has 0 aromatic heterocycles. The summed E-state index contributed by atoms with van der Waals surface area (Å²) in [4.78, 5) is 21.9. The van der Waals surface area contributed by atoms with Crippen LogP contribution in [0.3, 0.4) is 0 Å².